The second kappa shape index (κ2) is 5.17. The predicted octanol–water partition coefficient (Wildman–Crippen LogP) is 2.38. The topological polar surface area (TPSA) is 32.7 Å². The van der Waals surface area contributed by atoms with E-state index in [1.807, 2.05) is 12.1 Å². The molecule has 0 aliphatic carbocycles. The molecule has 0 amide bonds. The number of ether oxygens (including phenoxy) is 1. The van der Waals surface area contributed by atoms with Crippen LogP contribution in [0, 0.1) is 0 Å². The smallest absolute Gasteiger partial charge is 0.129 e. The van der Waals surface area contributed by atoms with Gasteiger partial charge in [-0.15, -0.1) is 0 Å². The standard InChI is InChI=1S/C12H16BrNO2/c1-16-10-4-5-14(8-10)7-9-2-3-12(15)11(13)6-9/h2-3,6,10,15H,4-5,7-8H2,1H3. The largest absolute Gasteiger partial charge is 0.507 e. The van der Waals surface area contributed by atoms with Crippen LogP contribution in [0.25, 0.3) is 0 Å². The molecule has 1 saturated heterocycles. The van der Waals surface area contributed by atoms with Gasteiger partial charge in [-0.1, -0.05) is 6.07 Å². The van der Waals surface area contributed by atoms with Gasteiger partial charge in [-0.2, -0.15) is 0 Å². The average Bonchev–Trinajstić information content (AvgIpc) is 2.71. The van der Waals surface area contributed by atoms with Crippen molar-refractivity contribution in [1.82, 2.24) is 4.90 Å². The Morgan fingerprint density at radius 1 is 1.56 bits per heavy atom. The molecule has 0 spiro atoms. The van der Waals surface area contributed by atoms with Gasteiger partial charge < -0.3 is 9.84 Å². The zero-order valence-corrected chi connectivity index (χ0v) is 10.9. The van der Waals surface area contributed by atoms with Crippen LogP contribution >= 0.6 is 15.9 Å². The van der Waals surface area contributed by atoms with Crippen LogP contribution in [0.2, 0.25) is 0 Å². The fourth-order valence-corrected chi connectivity index (χ4v) is 2.47. The van der Waals surface area contributed by atoms with Crippen LogP contribution in [-0.2, 0) is 11.3 Å². The van der Waals surface area contributed by atoms with Gasteiger partial charge in [0, 0.05) is 26.7 Å². The van der Waals surface area contributed by atoms with Crippen molar-refractivity contribution in [3.8, 4) is 5.75 Å². The molecule has 1 aromatic carbocycles. The number of methoxy groups -OCH3 is 1. The number of nitrogens with zero attached hydrogens (tertiary/aromatic N) is 1. The number of halogens is 1. The lowest BCUT2D eigenvalue weighted by Crippen LogP contribution is -2.22. The summed E-state index contributed by atoms with van der Waals surface area (Å²) in [7, 11) is 1.77. The molecule has 16 heavy (non-hydrogen) atoms. The maximum absolute atomic E-state index is 9.40. The van der Waals surface area contributed by atoms with Crippen LogP contribution in [0.3, 0.4) is 0 Å². The van der Waals surface area contributed by atoms with E-state index in [4.69, 9.17) is 4.74 Å². The zero-order valence-electron chi connectivity index (χ0n) is 9.32. The highest BCUT2D eigenvalue weighted by molar-refractivity contribution is 9.10. The summed E-state index contributed by atoms with van der Waals surface area (Å²) in [4.78, 5) is 2.37. The number of benzene rings is 1. The van der Waals surface area contributed by atoms with E-state index < -0.39 is 0 Å². The lowest BCUT2D eigenvalue weighted by Gasteiger charge is -2.15. The molecule has 0 saturated carbocycles. The van der Waals surface area contributed by atoms with Gasteiger partial charge in [0.25, 0.3) is 0 Å². The first kappa shape index (κ1) is 11.9. The average molecular weight is 286 g/mol. The molecule has 1 unspecified atom stereocenters. The zero-order chi connectivity index (χ0) is 11.5. The van der Waals surface area contributed by atoms with Crippen LogP contribution in [0.15, 0.2) is 22.7 Å². The second-order valence-electron chi connectivity index (χ2n) is 4.17. The third-order valence-corrected chi connectivity index (χ3v) is 3.62. The molecule has 1 N–H and O–H groups in total. The van der Waals surface area contributed by atoms with Crippen LogP contribution in [0.5, 0.6) is 5.75 Å². The van der Waals surface area contributed by atoms with E-state index in [9.17, 15) is 5.11 Å². The van der Waals surface area contributed by atoms with E-state index in [0.29, 0.717) is 11.9 Å². The van der Waals surface area contributed by atoms with Gasteiger partial charge in [-0.05, 0) is 40.0 Å². The molecular weight excluding hydrogens is 270 g/mol. The molecule has 1 aliphatic heterocycles. The fourth-order valence-electron chi connectivity index (χ4n) is 2.04. The molecule has 1 aliphatic rings. The van der Waals surface area contributed by atoms with E-state index in [2.05, 4.69) is 20.8 Å². The van der Waals surface area contributed by atoms with Crippen LogP contribution in [0.1, 0.15) is 12.0 Å². The summed E-state index contributed by atoms with van der Waals surface area (Å²) < 4.78 is 6.09. The Hall–Kier alpha value is -0.580. The van der Waals surface area contributed by atoms with Gasteiger partial charge >= 0.3 is 0 Å². The lowest BCUT2D eigenvalue weighted by atomic mass is 10.2. The molecule has 1 atom stereocenters. The first-order valence-electron chi connectivity index (χ1n) is 5.41. The minimum Gasteiger partial charge on any atom is -0.507 e. The summed E-state index contributed by atoms with van der Waals surface area (Å²) in [5, 5.41) is 9.40. The highest BCUT2D eigenvalue weighted by Crippen LogP contribution is 2.25. The minimum absolute atomic E-state index is 0.292. The summed E-state index contributed by atoms with van der Waals surface area (Å²) in [6, 6.07) is 5.65. The Balaban J connectivity index is 1.97. The second-order valence-corrected chi connectivity index (χ2v) is 5.02. The van der Waals surface area contributed by atoms with Gasteiger partial charge in [-0.3, -0.25) is 4.90 Å². The highest BCUT2D eigenvalue weighted by Gasteiger charge is 2.21. The Bertz CT molecular complexity index is 370. The molecule has 0 radical (unpaired) electrons. The van der Waals surface area contributed by atoms with Crippen molar-refractivity contribution in [2.45, 2.75) is 19.1 Å². The van der Waals surface area contributed by atoms with Crippen molar-refractivity contribution in [2.75, 3.05) is 20.2 Å². The highest BCUT2D eigenvalue weighted by atomic mass is 79.9. The monoisotopic (exact) mass is 285 g/mol. The minimum atomic E-state index is 0.292. The third-order valence-electron chi connectivity index (χ3n) is 2.98. The van der Waals surface area contributed by atoms with E-state index >= 15 is 0 Å². The Morgan fingerprint density at radius 2 is 2.38 bits per heavy atom. The van der Waals surface area contributed by atoms with Gasteiger partial charge in [-0.25, -0.2) is 0 Å². The number of hydrogen-bond acceptors (Lipinski definition) is 3. The number of rotatable bonds is 3. The molecular formula is C12H16BrNO2. The Kier molecular flexibility index (Phi) is 3.84. The number of likely N-dealkylation sites (tertiary alicyclic amines) is 1. The van der Waals surface area contributed by atoms with Crippen molar-refractivity contribution in [3.63, 3.8) is 0 Å². The van der Waals surface area contributed by atoms with E-state index in [1.54, 1.807) is 13.2 Å². The maximum Gasteiger partial charge on any atom is 0.129 e. The molecule has 2 rings (SSSR count). The van der Waals surface area contributed by atoms with Gasteiger partial charge in [0.2, 0.25) is 0 Å². The summed E-state index contributed by atoms with van der Waals surface area (Å²) in [6.45, 7) is 2.99. The quantitative estimate of drug-likeness (QED) is 0.926. The molecule has 3 nitrogen and oxygen atoms in total. The Morgan fingerprint density at radius 3 is 3.00 bits per heavy atom. The van der Waals surface area contributed by atoms with Crippen LogP contribution < -0.4 is 0 Å². The van der Waals surface area contributed by atoms with Gasteiger partial charge in [0.1, 0.15) is 5.75 Å². The summed E-state index contributed by atoms with van der Waals surface area (Å²) in [5.74, 6) is 0.292. The van der Waals surface area contributed by atoms with Crippen molar-refractivity contribution in [2.24, 2.45) is 0 Å². The first-order valence-corrected chi connectivity index (χ1v) is 6.21. The molecule has 4 heteroatoms. The van der Waals surface area contributed by atoms with Crippen molar-refractivity contribution in [1.29, 1.82) is 0 Å². The van der Waals surface area contributed by atoms with Crippen LogP contribution in [0.4, 0.5) is 0 Å². The van der Waals surface area contributed by atoms with Crippen LogP contribution in [-0.4, -0.2) is 36.3 Å². The van der Waals surface area contributed by atoms with Crippen molar-refractivity contribution < 1.29 is 9.84 Å². The van der Waals surface area contributed by atoms with Gasteiger partial charge in [0.15, 0.2) is 0 Å². The summed E-state index contributed by atoms with van der Waals surface area (Å²) in [6.07, 6.45) is 1.48. The number of hydrogen-bond donors (Lipinski definition) is 1. The third kappa shape index (κ3) is 2.75. The van der Waals surface area contributed by atoms with Crippen molar-refractivity contribution in [3.05, 3.63) is 28.2 Å². The van der Waals surface area contributed by atoms with E-state index in [-0.39, 0.29) is 0 Å². The normalized spacial score (nSPS) is 21.5. The number of aromatic hydroxyl groups is 1. The number of phenols is 1. The molecule has 0 aromatic heterocycles. The Labute approximate surface area is 104 Å². The van der Waals surface area contributed by atoms with E-state index in [0.717, 1.165) is 30.5 Å². The summed E-state index contributed by atoms with van der Waals surface area (Å²) in [5.41, 5.74) is 1.21. The van der Waals surface area contributed by atoms with Crippen molar-refractivity contribution >= 4 is 15.9 Å². The molecule has 0 bridgehead atoms. The summed E-state index contributed by atoms with van der Waals surface area (Å²) >= 11 is 3.33. The fraction of sp³-hybridized carbons (Fsp3) is 0.500. The first-order chi connectivity index (χ1) is 7.69. The molecule has 1 heterocycles. The lowest BCUT2D eigenvalue weighted by molar-refractivity contribution is 0.107. The predicted molar refractivity (Wildman–Crippen MR) is 66.5 cm³/mol. The molecule has 1 fully saturated rings. The van der Waals surface area contributed by atoms with E-state index in [1.165, 1.54) is 5.56 Å². The molecule has 1 aromatic rings. The maximum atomic E-state index is 9.40. The molecule has 88 valence electrons. The van der Waals surface area contributed by atoms with Gasteiger partial charge in [0.05, 0.1) is 10.6 Å². The number of phenolic OH excluding ortho intramolecular Hbond substituents is 1. The SMILES string of the molecule is COC1CCN(Cc2ccc(O)c(Br)c2)C1.